The molecule has 0 fully saturated rings. The van der Waals surface area contributed by atoms with Crippen LogP contribution in [-0.2, 0) is 0 Å². The predicted octanol–water partition coefficient (Wildman–Crippen LogP) is 6.05. The first kappa shape index (κ1) is 23.5. The largest absolute Gasteiger partial charge is 0.440 e. The van der Waals surface area contributed by atoms with Gasteiger partial charge in [-0.1, -0.05) is 64.8 Å². The first-order valence-corrected chi connectivity index (χ1v) is 12.0. The van der Waals surface area contributed by atoms with Crippen LogP contribution >= 0.6 is 0 Å². The molecule has 34 heavy (non-hydrogen) atoms. The topological polar surface area (TPSA) is 118 Å². The van der Waals surface area contributed by atoms with Gasteiger partial charge in [-0.25, -0.2) is 0 Å². The van der Waals surface area contributed by atoms with E-state index in [4.69, 9.17) is 20.9 Å². The lowest BCUT2D eigenvalue weighted by atomic mass is 9.81. The third kappa shape index (κ3) is 4.05. The number of nitriles is 2. The van der Waals surface area contributed by atoms with Crippen molar-refractivity contribution in [1.82, 2.24) is 0 Å². The van der Waals surface area contributed by atoms with E-state index in [9.17, 15) is 10.5 Å². The maximum atomic E-state index is 9.76. The van der Waals surface area contributed by atoms with E-state index in [1.165, 1.54) is 0 Å². The number of benzene rings is 2. The molecule has 0 saturated heterocycles. The van der Waals surface area contributed by atoms with Crippen molar-refractivity contribution in [1.29, 1.82) is 10.5 Å². The second-order valence-electron chi connectivity index (χ2n) is 10.1. The molecule has 2 atom stereocenters. The van der Waals surface area contributed by atoms with Crippen LogP contribution in [-0.4, -0.2) is 0 Å². The Hall–Kier alpha value is -3.64. The molecule has 2 aromatic carbocycles. The number of fused-ring (bicyclic) bond motifs is 5. The number of nitrogens with two attached hydrogens (primary N) is 2. The van der Waals surface area contributed by atoms with Gasteiger partial charge in [-0.15, -0.1) is 0 Å². The molecular formula is C28H32N4O2. The number of rotatable bonds is 6. The average Bonchev–Trinajstić information content (AvgIpc) is 2.79. The highest BCUT2D eigenvalue weighted by molar-refractivity contribution is 5.96. The van der Waals surface area contributed by atoms with E-state index < -0.39 is 0 Å². The van der Waals surface area contributed by atoms with Crippen molar-refractivity contribution in [2.24, 2.45) is 23.3 Å². The van der Waals surface area contributed by atoms with Crippen molar-refractivity contribution in [2.45, 2.75) is 65.2 Å². The van der Waals surface area contributed by atoms with Crippen molar-refractivity contribution in [3.63, 3.8) is 0 Å². The minimum absolute atomic E-state index is 0.105. The molecule has 0 radical (unpaired) electrons. The standard InChI is InChI=1S/C28H32N4O2/c1-15(2)5-7-17-19-9-11-22-21(25(19)33-27(31)23(17)13-29)12-10-20-18(8-6-16(3)4)24(14-30)28(32)34-26(20)22/h9-12,15-18H,5-8,31-32H2,1-4H3. The molecule has 0 amide bonds. The quantitative estimate of drug-likeness (QED) is 0.546. The molecule has 0 bridgehead atoms. The fourth-order valence-corrected chi connectivity index (χ4v) is 5.01. The highest BCUT2D eigenvalue weighted by atomic mass is 16.5. The first-order chi connectivity index (χ1) is 16.3. The molecule has 2 heterocycles. The molecule has 4 rings (SSSR count). The van der Waals surface area contributed by atoms with E-state index in [1.807, 2.05) is 24.3 Å². The van der Waals surface area contributed by atoms with Gasteiger partial charge in [0.05, 0.1) is 11.1 Å². The van der Waals surface area contributed by atoms with Gasteiger partial charge in [0.2, 0.25) is 11.8 Å². The lowest BCUT2D eigenvalue weighted by molar-refractivity contribution is 0.380. The summed E-state index contributed by atoms with van der Waals surface area (Å²) in [5, 5.41) is 21.2. The Balaban J connectivity index is 1.85. The lowest BCUT2D eigenvalue weighted by Crippen LogP contribution is -2.22. The van der Waals surface area contributed by atoms with Gasteiger partial charge in [0, 0.05) is 33.7 Å². The van der Waals surface area contributed by atoms with Crippen LogP contribution in [0.15, 0.2) is 47.2 Å². The summed E-state index contributed by atoms with van der Waals surface area (Å²) in [6.07, 6.45) is 3.60. The van der Waals surface area contributed by atoms with Crippen molar-refractivity contribution in [3.8, 4) is 23.6 Å². The van der Waals surface area contributed by atoms with Crippen molar-refractivity contribution < 1.29 is 9.47 Å². The van der Waals surface area contributed by atoms with E-state index in [0.717, 1.165) is 47.6 Å². The SMILES string of the molecule is CC(C)CCC1C(C#N)=C(N)Oc2c1ccc1c3c(ccc21)C(CCC(C)C)C(C#N)=C(N)O3. The summed E-state index contributed by atoms with van der Waals surface area (Å²) in [5.41, 5.74) is 15.3. The van der Waals surface area contributed by atoms with Crippen LogP contribution in [0.4, 0.5) is 0 Å². The monoisotopic (exact) mass is 456 g/mol. The molecule has 0 aliphatic carbocycles. The van der Waals surface area contributed by atoms with E-state index in [2.05, 4.69) is 39.8 Å². The van der Waals surface area contributed by atoms with E-state index in [1.54, 1.807) is 0 Å². The van der Waals surface area contributed by atoms with Gasteiger partial charge in [-0.3, -0.25) is 0 Å². The highest BCUT2D eigenvalue weighted by Crippen LogP contribution is 2.50. The number of nitrogens with zero attached hydrogens (tertiary/aromatic N) is 2. The van der Waals surface area contributed by atoms with Crippen molar-refractivity contribution in [2.75, 3.05) is 0 Å². The molecule has 6 nitrogen and oxygen atoms in total. The molecule has 176 valence electrons. The van der Waals surface area contributed by atoms with E-state index in [0.29, 0.717) is 34.5 Å². The van der Waals surface area contributed by atoms with Gasteiger partial charge >= 0.3 is 0 Å². The fourth-order valence-electron chi connectivity index (χ4n) is 5.01. The third-order valence-electron chi connectivity index (χ3n) is 6.87. The first-order valence-electron chi connectivity index (χ1n) is 12.0. The van der Waals surface area contributed by atoms with Crippen molar-refractivity contribution >= 4 is 10.8 Å². The summed E-state index contributed by atoms with van der Waals surface area (Å²) in [7, 11) is 0. The third-order valence-corrected chi connectivity index (χ3v) is 6.87. The Morgan fingerprint density at radius 2 is 1.12 bits per heavy atom. The molecule has 2 aromatic rings. The van der Waals surface area contributed by atoms with Gasteiger partial charge in [-0.05, 0) is 24.7 Å². The van der Waals surface area contributed by atoms with Gasteiger partial charge in [0.15, 0.2) is 0 Å². The van der Waals surface area contributed by atoms with E-state index in [-0.39, 0.29) is 23.6 Å². The number of ether oxygens (including phenoxy) is 2. The number of allylic oxidation sites excluding steroid dienone is 2. The van der Waals surface area contributed by atoms with Crippen LogP contribution in [0.1, 0.15) is 76.3 Å². The molecule has 4 N–H and O–H groups in total. The smallest absolute Gasteiger partial charge is 0.205 e. The Bertz CT molecular complexity index is 1170. The molecule has 0 spiro atoms. The molecule has 2 aliphatic rings. The molecule has 0 saturated carbocycles. The van der Waals surface area contributed by atoms with Crippen LogP contribution in [0.3, 0.4) is 0 Å². The Labute approximate surface area is 201 Å². The van der Waals surface area contributed by atoms with Crippen LogP contribution in [0.2, 0.25) is 0 Å². The van der Waals surface area contributed by atoms with Gasteiger partial charge < -0.3 is 20.9 Å². The Morgan fingerprint density at radius 3 is 1.44 bits per heavy atom. The zero-order valence-corrected chi connectivity index (χ0v) is 20.3. The molecule has 6 heteroatoms. The maximum Gasteiger partial charge on any atom is 0.205 e. The fraction of sp³-hybridized carbons (Fsp3) is 0.429. The highest BCUT2D eigenvalue weighted by Gasteiger charge is 2.34. The molecule has 0 aromatic heterocycles. The minimum Gasteiger partial charge on any atom is -0.440 e. The summed E-state index contributed by atoms with van der Waals surface area (Å²) in [6.45, 7) is 8.69. The average molecular weight is 457 g/mol. The van der Waals surface area contributed by atoms with Gasteiger partial charge in [0.1, 0.15) is 23.6 Å². The second-order valence-corrected chi connectivity index (χ2v) is 10.1. The molecule has 2 aliphatic heterocycles. The van der Waals surface area contributed by atoms with Gasteiger partial charge in [0.25, 0.3) is 0 Å². The van der Waals surface area contributed by atoms with Crippen LogP contribution in [0.25, 0.3) is 10.8 Å². The van der Waals surface area contributed by atoms with Crippen LogP contribution in [0.5, 0.6) is 11.5 Å². The number of hydrogen-bond donors (Lipinski definition) is 2. The summed E-state index contributed by atoms with van der Waals surface area (Å²) in [6, 6.07) is 12.6. The predicted molar refractivity (Wildman–Crippen MR) is 132 cm³/mol. The normalized spacial score (nSPS) is 19.4. The molecular weight excluding hydrogens is 424 g/mol. The molecule has 2 unspecified atom stereocenters. The number of hydrogen-bond acceptors (Lipinski definition) is 6. The summed E-state index contributed by atoms with van der Waals surface area (Å²) < 4.78 is 12.1. The van der Waals surface area contributed by atoms with Crippen molar-refractivity contribution in [3.05, 3.63) is 58.3 Å². The van der Waals surface area contributed by atoms with Gasteiger partial charge in [-0.2, -0.15) is 10.5 Å². The Morgan fingerprint density at radius 1 is 0.735 bits per heavy atom. The maximum absolute atomic E-state index is 9.76. The van der Waals surface area contributed by atoms with Crippen LogP contribution < -0.4 is 20.9 Å². The Kier molecular flexibility index (Phi) is 6.44. The summed E-state index contributed by atoms with van der Waals surface area (Å²) >= 11 is 0. The van der Waals surface area contributed by atoms with E-state index >= 15 is 0 Å². The summed E-state index contributed by atoms with van der Waals surface area (Å²) in [5.74, 6) is 2.48. The summed E-state index contributed by atoms with van der Waals surface area (Å²) in [4.78, 5) is 0. The lowest BCUT2D eigenvalue weighted by Gasteiger charge is -2.30. The van der Waals surface area contributed by atoms with Crippen LogP contribution in [0, 0.1) is 34.5 Å². The minimum atomic E-state index is -0.105. The zero-order valence-electron chi connectivity index (χ0n) is 20.3. The second kappa shape index (κ2) is 9.31. The zero-order chi connectivity index (χ0) is 24.6.